The zero-order chi connectivity index (χ0) is 29.4. The minimum absolute atomic E-state index is 0.00303. The van der Waals surface area contributed by atoms with Crippen molar-refractivity contribution >= 4 is 69.3 Å². The Hall–Kier alpha value is -3.96. The number of carbonyl (C=O) groups excluding carboxylic acids is 2. The smallest absolute Gasteiger partial charge is 0.352 e. The Bertz CT molecular complexity index is 1660. The summed E-state index contributed by atoms with van der Waals surface area (Å²) in [7, 11) is 1.93. The number of carbonyl (C=O) groups is 3. The van der Waals surface area contributed by atoms with Gasteiger partial charge in [-0.2, -0.15) is 9.36 Å². The van der Waals surface area contributed by atoms with Crippen molar-refractivity contribution in [1.82, 2.24) is 29.2 Å². The summed E-state index contributed by atoms with van der Waals surface area (Å²) < 4.78 is 7.77. The number of amides is 2. The number of oxime groups is 1. The van der Waals surface area contributed by atoms with Crippen LogP contribution in [0, 0.1) is 0 Å². The van der Waals surface area contributed by atoms with Crippen LogP contribution in [0.1, 0.15) is 31.5 Å². The maximum absolute atomic E-state index is 13.3. The Morgan fingerprint density at radius 2 is 2.14 bits per heavy atom. The number of nitrogen functional groups attached to an aromatic ring is 1. The number of carboxylic acids is 1. The number of hydrogen-bond acceptors (Lipinski definition) is 12. The van der Waals surface area contributed by atoms with Crippen LogP contribution in [0.3, 0.4) is 0 Å². The van der Waals surface area contributed by atoms with Crippen LogP contribution in [0.4, 0.5) is 5.13 Å². The van der Waals surface area contributed by atoms with Crippen LogP contribution in [0.2, 0.25) is 0 Å². The van der Waals surface area contributed by atoms with Crippen molar-refractivity contribution in [3.8, 4) is 0 Å². The monoisotopic (exact) mass is 628 g/mol. The van der Waals surface area contributed by atoms with Gasteiger partial charge < -0.3 is 21.0 Å². The number of nitrogens with one attached hydrogen (secondary N) is 1. The van der Waals surface area contributed by atoms with E-state index in [1.54, 1.807) is 16.0 Å². The number of aliphatic carboxylic acids is 1. The lowest BCUT2D eigenvalue weighted by Crippen LogP contribution is -2.71. The largest absolute Gasteiger partial charge is 0.477 e. The predicted molar refractivity (Wildman–Crippen MR) is 155 cm³/mol. The molecule has 3 aliphatic rings. The van der Waals surface area contributed by atoms with Gasteiger partial charge in [0.1, 0.15) is 34.4 Å². The lowest BCUT2D eigenvalue weighted by Gasteiger charge is -2.49. The van der Waals surface area contributed by atoms with Gasteiger partial charge in [-0.1, -0.05) is 22.0 Å². The minimum atomic E-state index is -1.23. The molecule has 17 heteroatoms. The molecule has 218 valence electrons. The molecule has 2 atom stereocenters. The zero-order valence-electron chi connectivity index (χ0n) is 22.2. The summed E-state index contributed by atoms with van der Waals surface area (Å²) in [6.07, 6.45) is 9.01. The summed E-state index contributed by atoms with van der Waals surface area (Å²) in [4.78, 5) is 49.5. The predicted octanol–water partition coefficient (Wildman–Crippen LogP) is 1.30. The number of anilines is 1. The Kier molecular flexibility index (Phi) is 7.87. The standard InChI is InChI=1S/C25H25N9O5S3/c1-32-9-10-33-16(32)7-6-15(29-33)40-11-8-13-12-41-23-18(22(36)34(23)19(13)24(37)38)27-21(35)17(20-28-25(26)42-31-20)30-39-14-4-2-3-5-14/h6-11,14,18,23H,2-5,12H2,1H3,(H3-,26,27,28,31,35,37,38)/p+1/b11-8+,30-17-/t18-,23-/m1/s1. The van der Waals surface area contributed by atoms with Gasteiger partial charge in [0.15, 0.2) is 11.3 Å². The van der Waals surface area contributed by atoms with Gasteiger partial charge in [0.05, 0.1) is 7.05 Å². The Labute approximate surface area is 251 Å². The van der Waals surface area contributed by atoms with E-state index in [1.165, 1.54) is 28.4 Å². The lowest BCUT2D eigenvalue weighted by atomic mass is 10.0. The molecule has 2 amide bonds. The average molecular weight is 629 g/mol. The molecular formula is C25H26N9O5S3+. The molecule has 0 radical (unpaired) electrons. The molecule has 1 saturated carbocycles. The second kappa shape index (κ2) is 11.7. The number of β-lactam (4-membered cyclic amide) rings is 1. The Balaban J connectivity index is 1.16. The molecule has 3 aromatic rings. The maximum atomic E-state index is 13.3. The molecule has 0 aromatic carbocycles. The van der Waals surface area contributed by atoms with Crippen LogP contribution in [0.25, 0.3) is 5.65 Å². The van der Waals surface area contributed by atoms with Gasteiger partial charge in [-0.15, -0.1) is 16.3 Å². The number of aryl methyl sites for hydroxylation is 1. The highest BCUT2D eigenvalue weighted by atomic mass is 32.2. The topological polar surface area (TPSA) is 181 Å². The molecule has 14 nitrogen and oxygen atoms in total. The SMILES string of the molecule is C[n+]1ccn2nc(S/C=C/C3=C(C(=O)O)N4C(=O)[C@@H](NC(=O)/C(=N\OC5CCCC5)c5nsc(N)n5)[C@H]4SC3)ccc21. The fourth-order valence-corrected chi connectivity index (χ4v) is 7.31. The molecule has 5 heterocycles. The number of aromatic nitrogens is 5. The van der Waals surface area contributed by atoms with Gasteiger partial charge in [0, 0.05) is 23.4 Å². The van der Waals surface area contributed by atoms with Crippen LogP contribution < -0.4 is 15.6 Å². The third-order valence-corrected chi connectivity index (χ3v) is 9.59. The van der Waals surface area contributed by atoms with Crippen molar-refractivity contribution in [3.05, 3.63) is 53.1 Å². The number of nitrogens with two attached hydrogens (primary N) is 1. The normalized spacial score (nSPS) is 21.2. The zero-order valence-corrected chi connectivity index (χ0v) is 24.7. The second-order valence-electron chi connectivity index (χ2n) is 9.75. The number of rotatable bonds is 9. The molecule has 4 N–H and O–H groups in total. The van der Waals surface area contributed by atoms with Crippen molar-refractivity contribution in [1.29, 1.82) is 0 Å². The number of imidazole rings is 1. The van der Waals surface area contributed by atoms with E-state index in [-0.39, 0.29) is 28.5 Å². The molecule has 1 aliphatic carbocycles. The highest BCUT2D eigenvalue weighted by molar-refractivity contribution is 8.02. The van der Waals surface area contributed by atoms with Crippen LogP contribution >= 0.6 is 35.1 Å². The first-order valence-corrected chi connectivity index (χ1v) is 15.7. The van der Waals surface area contributed by atoms with Crippen molar-refractivity contribution in [2.45, 2.75) is 48.2 Å². The molecule has 1 saturated heterocycles. The van der Waals surface area contributed by atoms with E-state index >= 15 is 0 Å². The summed E-state index contributed by atoms with van der Waals surface area (Å²) in [5, 5.41) is 23.3. The first-order chi connectivity index (χ1) is 20.3. The minimum Gasteiger partial charge on any atom is -0.477 e. The number of carboxylic acid groups (broad SMARTS) is 1. The van der Waals surface area contributed by atoms with Gasteiger partial charge >= 0.3 is 11.6 Å². The number of fused-ring (bicyclic) bond motifs is 2. The van der Waals surface area contributed by atoms with Crippen molar-refractivity contribution in [3.63, 3.8) is 0 Å². The summed E-state index contributed by atoms with van der Waals surface area (Å²) >= 11 is 3.60. The lowest BCUT2D eigenvalue weighted by molar-refractivity contribution is -0.644. The summed E-state index contributed by atoms with van der Waals surface area (Å²) in [5.41, 5.74) is 6.83. The van der Waals surface area contributed by atoms with Gasteiger partial charge in [0.25, 0.3) is 11.8 Å². The van der Waals surface area contributed by atoms with Crippen LogP contribution in [0.5, 0.6) is 0 Å². The molecule has 6 rings (SSSR count). The van der Waals surface area contributed by atoms with Gasteiger partial charge in [-0.25, -0.2) is 9.36 Å². The molecule has 0 bridgehead atoms. The molecule has 2 fully saturated rings. The first kappa shape index (κ1) is 28.2. The van der Waals surface area contributed by atoms with Crippen LogP contribution in [-0.2, 0) is 26.3 Å². The quantitative estimate of drug-likeness (QED) is 0.102. The van der Waals surface area contributed by atoms with Crippen molar-refractivity contribution < 1.29 is 28.9 Å². The second-order valence-corrected chi connectivity index (χ2v) is 12.6. The van der Waals surface area contributed by atoms with E-state index in [0.29, 0.717) is 11.3 Å². The van der Waals surface area contributed by atoms with E-state index in [2.05, 4.69) is 24.9 Å². The van der Waals surface area contributed by atoms with Crippen LogP contribution in [0.15, 0.2) is 57.5 Å². The van der Waals surface area contributed by atoms with E-state index in [4.69, 9.17) is 10.6 Å². The number of hydrogen-bond donors (Lipinski definition) is 3. The summed E-state index contributed by atoms with van der Waals surface area (Å²) in [6.45, 7) is 0. The highest BCUT2D eigenvalue weighted by Crippen LogP contribution is 2.41. The van der Waals surface area contributed by atoms with E-state index in [9.17, 15) is 19.5 Å². The number of nitrogens with zero attached hydrogens (tertiary/aromatic N) is 7. The molecule has 42 heavy (non-hydrogen) atoms. The highest BCUT2D eigenvalue weighted by Gasteiger charge is 2.54. The Morgan fingerprint density at radius 1 is 1.33 bits per heavy atom. The Morgan fingerprint density at radius 3 is 2.88 bits per heavy atom. The number of thioether (sulfide) groups is 2. The van der Waals surface area contributed by atoms with Gasteiger partial charge in [-0.3, -0.25) is 14.5 Å². The van der Waals surface area contributed by atoms with Crippen molar-refractivity contribution in [2.75, 3.05) is 11.5 Å². The van der Waals surface area contributed by atoms with Gasteiger partial charge in [-0.05, 0) is 48.8 Å². The van der Waals surface area contributed by atoms with E-state index in [0.717, 1.165) is 47.9 Å². The molecule has 0 unspecified atom stereocenters. The fraction of sp³-hybridized carbons (Fsp3) is 0.360. The summed E-state index contributed by atoms with van der Waals surface area (Å²) in [6, 6.07) is 2.86. The van der Waals surface area contributed by atoms with E-state index < -0.39 is 29.2 Å². The molecular weight excluding hydrogens is 603 g/mol. The van der Waals surface area contributed by atoms with E-state index in [1.807, 2.05) is 36.1 Å². The first-order valence-electron chi connectivity index (χ1n) is 13.0. The van der Waals surface area contributed by atoms with Gasteiger partial charge in [0.2, 0.25) is 11.5 Å². The summed E-state index contributed by atoms with van der Waals surface area (Å²) in [5.74, 6) is -2.13. The molecule has 2 aliphatic heterocycles. The third kappa shape index (κ3) is 5.46. The maximum Gasteiger partial charge on any atom is 0.352 e. The number of allylic oxidation sites excluding steroid dienone is 1. The average Bonchev–Trinajstić information content (AvgIpc) is 3.73. The fourth-order valence-electron chi connectivity index (χ4n) is 4.91. The third-order valence-electron chi connectivity index (χ3n) is 7.02. The van der Waals surface area contributed by atoms with Crippen LogP contribution in [-0.4, -0.2) is 75.7 Å². The van der Waals surface area contributed by atoms with Crippen molar-refractivity contribution in [2.24, 2.45) is 12.2 Å². The molecule has 3 aromatic heterocycles. The molecule has 0 spiro atoms.